The van der Waals surface area contributed by atoms with Gasteiger partial charge in [-0.2, -0.15) is 0 Å². The Morgan fingerprint density at radius 1 is 0.284 bits per heavy atom. The van der Waals surface area contributed by atoms with E-state index in [-0.39, 0.29) is 0 Å². The summed E-state index contributed by atoms with van der Waals surface area (Å²) in [6.45, 7) is 0. The molecule has 0 bridgehead atoms. The van der Waals surface area contributed by atoms with Gasteiger partial charge in [-0.25, -0.2) is 0 Å². The lowest BCUT2D eigenvalue weighted by atomic mass is 9.92. The van der Waals surface area contributed by atoms with E-state index in [1.54, 1.807) is 0 Å². The Kier molecular flexibility index (Phi) is 11.4. The van der Waals surface area contributed by atoms with Gasteiger partial charge in [0.05, 0.1) is 5.52 Å². The highest BCUT2D eigenvalue weighted by Crippen LogP contribution is 2.43. The number of thiophene rings is 2. The number of fused-ring (bicyclic) bond motifs is 22. The number of H-pyrrole nitrogens is 1. The maximum Gasteiger partial charge on any atom is 0.0535 e. The number of nitrogens with one attached hydrogen (secondary N) is 1. The molecular formula is C76H47BrN2S2. The molecular weight excluding hydrogens is 1080 g/mol. The monoisotopic (exact) mass is 1130 g/mol. The van der Waals surface area contributed by atoms with Crippen molar-refractivity contribution in [1.29, 1.82) is 0 Å². The molecule has 0 aliphatic rings. The first kappa shape index (κ1) is 47.6. The minimum atomic E-state index is 1.11. The summed E-state index contributed by atoms with van der Waals surface area (Å²) in [4.78, 5) is 3.27. The zero-order valence-corrected chi connectivity index (χ0v) is 46.9. The molecule has 380 valence electrons. The average Bonchev–Trinajstić information content (AvgIpc) is 4.46. The van der Waals surface area contributed by atoms with Gasteiger partial charge in [-0.05, 0) is 172 Å². The van der Waals surface area contributed by atoms with Gasteiger partial charge >= 0.3 is 0 Å². The van der Waals surface area contributed by atoms with Crippen LogP contribution in [0.1, 0.15) is 0 Å². The second kappa shape index (κ2) is 19.5. The number of hydrogen-bond acceptors (Lipinski definition) is 2. The third kappa shape index (κ3) is 8.03. The number of benzene rings is 14. The van der Waals surface area contributed by atoms with E-state index in [2.05, 4.69) is 299 Å². The molecule has 0 unspecified atom stereocenters. The zero-order valence-electron chi connectivity index (χ0n) is 43.7. The van der Waals surface area contributed by atoms with Gasteiger partial charge in [-0.1, -0.05) is 198 Å². The quantitative estimate of drug-likeness (QED) is 0.170. The summed E-state index contributed by atoms with van der Waals surface area (Å²) in [5.41, 5.74) is 8.59. The molecule has 5 heteroatoms. The first-order valence-corrected chi connectivity index (χ1v) is 29.8. The van der Waals surface area contributed by atoms with E-state index in [1.165, 1.54) is 155 Å². The molecule has 18 aromatic rings. The molecule has 14 aromatic carbocycles. The predicted molar refractivity (Wildman–Crippen MR) is 357 cm³/mol. The van der Waals surface area contributed by atoms with E-state index in [0.717, 1.165) is 4.47 Å². The number of aromatic nitrogens is 2. The molecule has 0 aliphatic heterocycles. The molecule has 4 heterocycles. The van der Waals surface area contributed by atoms with Gasteiger partial charge in [0, 0.05) is 79.2 Å². The normalized spacial score (nSPS) is 11.8. The van der Waals surface area contributed by atoms with Gasteiger partial charge in [-0.15, -0.1) is 22.7 Å². The minimum absolute atomic E-state index is 1.11. The van der Waals surface area contributed by atoms with Gasteiger partial charge in [0.15, 0.2) is 0 Å². The molecule has 0 radical (unpaired) electrons. The average molecular weight is 1130 g/mol. The molecule has 81 heavy (non-hydrogen) atoms. The lowest BCUT2D eigenvalue weighted by molar-refractivity contribution is 1.13. The molecule has 0 aliphatic carbocycles. The SMILES string of the molecule is Brc1ccc(-c2ccc3c4ccccc4c4ccccc4c3c2)cc1.c1ccc2c(c1)sc1ccc3[nH]ccc3c12.c1ccc2c(c1)sc1ccc3c(ccn3-c3ccc(-c4ccc5c6ccccc6c6ccccc6c5c4)cc3)c12. The summed E-state index contributed by atoms with van der Waals surface area (Å²) in [6.07, 6.45) is 4.22. The summed E-state index contributed by atoms with van der Waals surface area (Å²) in [5.74, 6) is 0. The van der Waals surface area contributed by atoms with Crippen LogP contribution in [0.4, 0.5) is 0 Å². The molecule has 2 nitrogen and oxygen atoms in total. The van der Waals surface area contributed by atoms with Crippen molar-refractivity contribution >= 4 is 165 Å². The number of aromatic amines is 1. The van der Waals surface area contributed by atoms with E-state index in [4.69, 9.17) is 0 Å². The summed E-state index contributed by atoms with van der Waals surface area (Å²) >= 11 is 7.26. The van der Waals surface area contributed by atoms with Gasteiger partial charge < -0.3 is 9.55 Å². The fourth-order valence-corrected chi connectivity index (χ4v) is 15.2. The topological polar surface area (TPSA) is 20.7 Å². The van der Waals surface area contributed by atoms with Crippen molar-refractivity contribution in [2.24, 2.45) is 0 Å². The van der Waals surface area contributed by atoms with Crippen LogP contribution >= 0.6 is 38.6 Å². The summed E-state index contributed by atoms with van der Waals surface area (Å²) < 4.78 is 8.84. The van der Waals surface area contributed by atoms with Crippen molar-refractivity contribution in [3.05, 3.63) is 284 Å². The van der Waals surface area contributed by atoms with Crippen LogP contribution in [0.2, 0.25) is 0 Å². The van der Waals surface area contributed by atoms with E-state index < -0.39 is 0 Å². The van der Waals surface area contributed by atoms with Gasteiger partial charge in [0.2, 0.25) is 0 Å². The number of halogens is 1. The van der Waals surface area contributed by atoms with Crippen molar-refractivity contribution in [2.75, 3.05) is 0 Å². The molecule has 0 saturated carbocycles. The van der Waals surface area contributed by atoms with Crippen LogP contribution in [0, 0.1) is 0 Å². The molecule has 4 aromatic heterocycles. The maximum atomic E-state index is 3.52. The van der Waals surface area contributed by atoms with E-state index in [9.17, 15) is 0 Å². The summed E-state index contributed by atoms with van der Waals surface area (Å²) in [7, 11) is 0. The second-order valence-corrected chi connectivity index (χ2v) is 24.0. The van der Waals surface area contributed by atoms with Crippen molar-refractivity contribution in [3.8, 4) is 27.9 Å². The first-order valence-electron chi connectivity index (χ1n) is 27.4. The van der Waals surface area contributed by atoms with Crippen LogP contribution < -0.4 is 0 Å². The summed E-state index contributed by atoms with van der Waals surface area (Å²) in [6, 6.07) is 96.9. The zero-order chi connectivity index (χ0) is 53.5. The Morgan fingerprint density at radius 3 is 1.17 bits per heavy atom. The Hall–Kier alpha value is -9.36. The fourth-order valence-electron chi connectivity index (χ4n) is 12.7. The largest absolute Gasteiger partial charge is 0.361 e. The number of nitrogens with zero attached hydrogens (tertiary/aromatic N) is 1. The van der Waals surface area contributed by atoms with Gasteiger partial charge in [-0.3, -0.25) is 0 Å². The Balaban J connectivity index is 0.000000112. The molecule has 0 fully saturated rings. The fraction of sp³-hybridized carbons (Fsp3) is 0. The van der Waals surface area contributed by atoms with Crippen LogP contribution in [0.5, 0.6) is 0 Å². The minimum Gasteiger partial charge on any atom is -0.361 e. The van der Waals surface area contributed by atoms with E-state index in [0.29, 0.717) is 0 Å². The van der Waals surface area contributed by atoms with Gasteiger partial charge in [0.1, 0.15) is 0 Å². The Morgan fingerprint density at radius 2 is 0.679 bits per heavy atom. The number of hydrogen-bond donors (Lipinski definition) is 1. The molecule has 0 amide bonds. The van der Waals surface area contributed by atoms with Crippen molar-refractivity contribution in [1.82, 2.24) is 9.55 Å². The molecule has 0 saturated heterocycles. The van der Waals surface area contributed by atoms with E-state index >= 15 is 0 Å². The maximum absolute atomic E-state index is 3.52. The third-order valence-electron chi connectivity index (χ3n) is 16.4. The van der Waals surface area contributed by atoms with Crippen LogP contribution in [0.25, 0.3) is 155 Å². The number of rotatable bonds is 3. The first-order chi connectivity index (χ1) is 40.1. The Bertz CT molecular complexity index is 5420. The highest BCUT2D eigenvalue weighted by Gasteiger charge is 2.15. The molecule has 1 N–H and O–H groups in total. The Labute approximate surface area is 483 Å². The summed E-state index contributed by atoms with van der Waals surface area (Å²) in [5, 5.41) is 23.9. The van der Waals surface area contributed by atoms with Crippen molar-refractivity contribution in [3.63, 3.8) is 0 Å². The molecule has 0 spiro atoms. The van der Waals surface area contributed by atoms with Crippen molar-refractivity contribution < 1.29 is 0 Å². The highest BCUT2D eigenvalue weighted by molar-refractivity contribution is 9.10. The smallest absolute Gasteiger partial charge is 0.0535 e. The standard InChI is InChI=1S/C38H23NS.C24H15Br.C14H9NS/c1-2-9-29-27(7-1)28-8-3-4-10-30(28)34-23-25(15-18-31(29)34)24-13-16-26(17-14-24)39-22-21-32-35(39)19-20-37-38(32)33-11-5-6-12-36(33)40-37;25-18-12-9-16(10-13-18)17-11-14-23-21-7-2-1-5-19(21)20-6-3-4-8-22(20)24(23)15-17;1-2-4-12-10(3-1)14-9-7-8-15-11(9)5-6-13(14)16-12/h1-23H;1-15H;1-8,15H. The highest BCUT2D eigenvalue weighted by atomic mass is 79.9. The van der Waals surface area contributed by atoms with Crippen molar-refractivity contribution in [2.45, 2.75) is 0 Å². The lowest BCUT2D eigenvalue weighted by Gasteiger charge is -2.12. The van der Waals surface area contributed by atoms with Crippen LogP contribution in [-0.4, -0.2) is 9.55 Å². The van der Waals surface area contributed by atoms with E-state index in [1.807, 2.05) is 28.9 Å². The third-order valence-corrected chi connectivity index (χ3v) is 19.2. The lowest BCUT2D eigenvalue weighted by Crippen LogP contribution is -1.91. The van der Waals surface area contributed by atoms with Crippen LogP contribution in [0.3, 0.4) is 0 Å². The second-order valence-electron chi connectivity index (χ2n) is 20.9. The predicted octanol–water partition coefficient (Wildman–Crippen LogP) is 23.2. The van der Waals surface area contributed by atoms with Gasteiger partial charge in [0.25, 0.3) is 0 Å². The molecule has 0 atom stereocenters. The van der Waals surface area contributed by atoms with Crippen LogP contribution in [-0.2, 0) is 0 Å². The van der Waals surface area contributed by atoms with Crippen LogP contribution in [0.15, 0.2) is 284 Å². The molecule has 18 rings (SSSR count).